The normalized spacial score (nSPS) is 16.8. The number of fused-ring (bicyclic) bond motifs is 9. The standard InChI is InChI=1S/2C25H27N2O.C24H25N2O.3C13H12N.3Ir/c1-14(2)19-12-20(26-13-16(19)4)17-9-8-10-18-22-15(3)11-21(25(5,6)7)27-24(22)28-23(17)18;1-14(2)19-13-26-20(11-15(19)3)17-9-8-10-18-22-16(4)12-21(25(5,6)7)27-24(22)28-23(17)18;1-13(2)17-9-10-18(21-11-15(5)20(12-25-21)14(3)4)23-22(17)19-8-7-16(6)26-24(19)27-23;3*1-10-8-13(14-9-11(10)2)12-6-4-3-5-7-12;;;/h2*8,10-14H,1-7H3;7-9,11-14H,1-6H3;3*3-6,8-9H,1-2H3;;;/q6*-1;;;/i1D3,14D;1D3,3D3,14D;3D3,5D3,13D,14D;3*2D3;;;. The Morgan fingerprint density at radius 1 is 0.312 bits per heavy atom. The monoisotopic (exact) mass is 2250 g/mol. The number of pyridine rings is 9. The molecule has 3 unspecified atom stereocenters. The molecule has 3 atom stereocenters. The van der Waals surface area contributed by atoms with Gasteiger partial charge in [-0.05, 0) is 209 Å². The van der Waals surface area contributed by atoms with Crippen molar-refractivity contribution >= 4 is 66.2 Å². The number of hydrogen-bond acceptors (Lipinski definition) is 12. The largest absolute Gasteiger partial charge is 0.486 e. The summed E-state index contributed by atoms with van der Waals surface area (Å²) < 4.78 is 237. The Labute approximate surface area is 837 Å². The Morgan fingerprint density at radius 3 is 1.07 bits per heavy atom. The summed E-state index contributed by atoms with van der Waals surface area (Å²) in [5.41, 5.74) is 18.4. The van der Waals surface area contributed by atoms with E-state index in [1.54, 1.807) is 84.1 Å². The van der Waals surface area contributed by atoms with Crippen LogP contribution in [0.4, 0.5) is 0 Å². The van der Waals surface area contributed by atoms with Gasteiger partial charge in [-0.3, -0.25) is 0 Å². The van der Waals surface area contributed by atoms with Gasteiger partial charge in [0.2, 0.25) is 17.1 Å². The summed E-state index contributed by atoms with van der Waals surface area (Å²) in [6, 6.07) is 67.6. The van der Waals surface area contributed by atoms with Gasteiger partial charge in [-0.15, -0.1) is 162 Å². The van der Waals surface area contributed by atoms with Gasteiger partial charge in [0.15, 0.2) is 0 Å². The van der Waals surface area contributed by atoms with Crippen molar-refractivity contribution in [3.63, 3.8) is 0 Å². The van der Waals surface area contributed by atoms with Crippen LogP contribution in [0.1, 0.15) is 259 Å². The van der Waals surface area contributed by atoms with Crippen molar-refractivity contribution in [2.24, 2.45) is 0 Å². The summed E-state index contributed by atoms with van der Waals surface area (Å²) in [6.07, 6.45) is 8.21. The fourth-order valence-electron chi connectivity index (χ4n) is 14.0. The molecule has 0 fully saturated rings. The molecule has 0 aliphatic heterocycles. The summed E-state index contributed by atoms with van der Waals surface area (Å²) in [5, 5.41) is 4.89. The average molecular weight is 2250 g/mol. The average Bonchev–Trinajstić information content (AvgIpc) is 1.55. The fraction of sp³-hybridized carbons (Fsp3) is 0.283. The molecule has 12 heterocycles. The van der Waals surface area contributed by atoms with E-state index in [0.717, 1.165) is 113 Å². The Morgan fingerprint density at radius 2 is 0.688 bits per heavy atom. The molecule has 0 bridgehead atoms. The van der Waals surface area contributed by atoms with E-state index >= 15 is 0 Å². The van der Waals surface area contributed by atoms with Crippen LogP contribution in [0.15, 0.2) is 214 Å². The van der Waals surface area contributed by atoms with Crippen molar-refractivity contribution < 1.29 is 112 Å². The second-order valence-electron chi connectivity index (χ2n) is 33.1. The van der Waals surface area contributed by atoms with Gasteiger partial charge in [0, 0.05) is 169 Å². The van der Waals surface area contributed by atoms with Gasteiger partial charge in [0.05, 0.1) is 28.1 Å². The van der Waals surface area contributed by atoms with Crippen LogP contribution < -0.4 is 0 Å². The first-order chi connectivity index (χ1) is 70.5. The number of furan rings is 3. The molecule has 18 rings (SSSR count). The van der Waals surface area contributed by atoms with Gasteiger partial charge in [0.1, 0.15) is 0 Å². The van der Waals surface area contributed by atoms with Gasteiger partial charge in [-0.2, -0.15) is 0 Å². The zero-order valence-corrected chi connectivity index (χ0v) is 81.5. The van der Waals surface area contributed by atoms with E-state index in [2.05, 4.69) is 126 Å². The SMILES string of the molecule is [2H]C([2H])([2H])C([2H])(C)c1cc(-c2[c-]ccc3c2oc2nc(C(C)(C)C)cc(C)c23)ncc1C.[2H]C([2H])([2H])c1cc(-c2[c-]cc(C([2H])(C)C)c3c2oc2nc(C)ccc23)ncc1C([2H])(C)C([2H])([2H])[2H].[2H]C([2H])([2H])c1cc(-c2[c-]ccc3c2oc2nc(C(C)(C)C)cc(C)c23)ncc1C([2H])(C)C([2H])([2H])[2H].[2H]C([2H])([2H])c1cnc(-c2[c-]cccc2)cc1C.[2H]C([2H])([2H])c1cnc(-c2[c-]cccc2)cc1C.[2H]C([2H])([2H])c1cnc(-c2[c-]cccc2)cc1C.[Ir].[Ir].[Ir]. The first-order valence-corrected chi connectivity index (χ1v) is 40.6. The minimum Gasteiger partial charge on any atom is -0.486 e. The first kappa shape index (κ1) is 66.4. The molecule has 0 spiro atoms. The van der Waals surface area contributed by atoms with Crippen LogP contribution in [0, 0.1) is 119 Å². The number of benzene rings is 6. The van der Waals surface area contributed by atoms with Crippen LogP contribution in [0.25, 0.3) is 134 Å². The molecule has 12 nitrogen and oxygen atoms in total. The molecule has 18 aromatic rings. The maximum atomic E-state index is 8.61. The van der Waals surface area contributed by atoms with E-state index in [-0.39, 0.29) is 105 Å². The van der Waals surface area contributed by atoms with Crippen molar-refractivity contribution in [1.82, 2.24) is 44.9 Å². The van der Waals surface area contributed by atoms with E-state index < -0.39 is 78.4 Å². The Balaban J connectivity index is 0.000000195. The topological polar surface area (TPSA) is 155 Å². The number of rotatable bonds is 10. The smallest absolute Gasteiger partial charge is 0.216 e. The van der Waals surface area contributed by atoms with Crippen LogP contribution in [0.3, 0.4) is 0 Å². The quantitative estimate of drug-likeness (QED) is 0.120. The summed E-state index contributed by atoms with van der Waals surface area (Å²) in [5.74, 6) is -7.08. The Hall–Kier alpha value is -11.0. The molecule has 128 heavy (non-hydrogen) atoms. The van der Waals surface area contributed by atoms with Crippen molar-refractivity contribution in [3.05, 3.63) is 338 Å². The van der Waals surface area contributed by atoms with Gasteiger partial charge < -0.3 is 43.2 Å². The van der Waals surface area contributed by atoms with Gasteiger partial charge in [0.25, 0.3) is 0 Å². The first-order valence-electron chi connectivity index (χ1n) is 54.6. The summed E-state index contributed by atoms with van der Waals surface area (Å²) in [4.78, 5) is 39.8. The van der Waals surface area contributed by atoms with Crippen LogP contribution in [0.5, 0.6) is 0 Å². The van der Waals surface area contributed by atoms with E-state index in [1.165, 1.54) is 50.8 Å². The maximum Gasteiger partial charge on any atom is 0.216 e. The molecule has 3 radical (unpaired) electrons. The summed E-state index contributed by atoms with van der Waals surface area (Å²) >= 11 is 0. The van der Waals surface area contributed by atoms with E-state index in [1.807, 2.05) is 123 Å². The third-order valence-electron chi connectivity index (χ3n) is 21.0. The zero-order chi connectivity index (χ0) is 113. The predicted molar refractivity (Wildman–Crippen MR) is 517 cm³/mol. The van der Waals surface area contributed by atoms with Crippen molar-refractivity contribution in [2.75, 3.05) is 0 Å². The Bertz CT molecular complexity index is 7920. The molecular formula is C113H115Ir3N9O3-6. The molecule has 663 valence electrons. The van der Waals surface area contributed by atoms with E-state index in [0.29, 0.717) is 100 Å². The molecule has 0 N–H and O–H groups in total. The molecule has 0 amide bonds. The minimum absolute atomic E-state index is 0. The van der Waals surface area contributed by atoms with Crippen molar-refractivity contribution in [1.29, 1.82) is 0 Å². The molecule has 0 aliphatic rings. The van der Waals surface area contributed by atoms with E-state index in [9.17, 15) is 0 Å². The van der Waals surface area contributed by atoms with E-state index in [4.69, 9.17) is 61.6 Å². The molecular weight excluding hydrogens is 2110 g/mol. The maximum absolute atomic E-state index is 8.61. The minimum atomic E-state index is -2.76. The second kappa shape index (κ2) is 42.5. The number of hydrogen-bond donors (Lipinski definition) is 0. The summed E-state index contributed by atoms with van der Waals surface area (Å²) in [7, 11) is 0. The molecule has 15 heteroatoms. The summed E-state index contributed by atoms with van der Waals surface area (Å²) in [6.45, 7) is 13.2. The molecule has 0 saturated heterocycles. The number of aromatic nitrogens is 9. The van der Waals surface area contributed by atoms with Gasteiger partial charge >= 0.3 is 0 Å². The zero-order valence-electron chi connectivity index (χ0n) is 102. The molecule has 12 aromatic heterocycles. The molecule has 0 aliphatic carbocycles. The van der Waals surface area contributed by atoms with Gasteiger partial charge in [-0.1, -0.05) is 200 Å². The Kier molecular flexibility index (Phi) is 22.1. The van der Waals surface area contributed by atoms with Crippen LogP contribution in [-0.2, 0) is 71.1 Å². The van der Waals surface area contributed by atoms with Crippen LogP contribution in [0.2, 0.25) is 0 Å². The molecule has 0 saturated carbocycles. The van der Waals surface area contributed by atoms with Crippen LogP contribution in [-0.4, -0.2) is 44.9 Å². The second-order valence-corrected chi connectivity index (χ2v) is 33.1. The number of nitrogens with zero attached hydrogens (tertiary/aromatic N) is 9. The third-order valence-corrected chi connectivity index (χ3v) is 21.0. The predicted octanol–water partition coefficient (Wildman–Crippen LogP) is 30.0. The van der Waals surface area contributed by atoms with Crippen molar-refractivity contribution in [2.45, 2.75) is 214 Å². The number of aryl methyl sites for hydroxylation is 12. The third kappa shape index (κ3) is 22.6. The van der Waals surface area contributed by atoms with Crippen molar-refractivity contribution in [3.8, 4) is 67.5 Å². The van der Waals surface area contributed by atoms with Crippen LogP contribution >= 0.6 is 0 Å². The fourth-order valence-corrected chi connectivity index (χ4v) is 14.0. The molecule has 6 aromatic carbocycles. The van der Waals surface area contributed by atoms with Gasteiger partial charge in [-0.25, -0.2) is 15.0 Å².